The van der Waals surface area contributed by atoms with E-state index in [0.717, 1.165) is 12.1 Å². The molecule has 0 atom stereocenters. The standard InChI is InChI=1S/C6H6FNO3S/c7-4-1-2-5(8)6(3-4)12(9,10)11/h1-3H,8H2,(H,9,10,11)/p-1. The molecule has 0 bridgehead atoms. The summed E-state index contributed by atoms with van der Waals surface area (Å²) in [5, 5.41) is 0. The van der Waals surface area contributed by atoms with Crippen molar-refractivity contribution in [3.63, 3.8) is 0 Å². The first-order valence-corrected chi connectivity index (χ1v) is 4.33. The minimum absolute atomic E-state index is 0.244. The number of halogens is 1. The van der Waals surface area contributed by atoms with Crippen LogP contribution >= 0.6 is 0 Å². The SMILES string of the molecule is Nc1ccc(F)cc1S(=O)(=O)[O-]. The lowest BCUT2D eigenvalue weighted by Crippen LogP contribution is -2.03. The Kier molecular flexibility index (Phi) is 2.03. The molecule has 0 saturated carbocycles. The first kappa shape index (κ1) is 8.95. The van der Waals surface area contributed by atoms with Crippen molar-refractivity contribution in [2.45, 2.75) is 4.90 Å². The van der Waals surface area contributed by atoms with Gasteiger partial charge >= 0.3 is 0 Å². The van der Waals surface area contributed by atoms with E-state index in [1.165, 1.54) is 0 Å². The molecule has 0 saturated heterocycles. The van der Waals surface area contributed by atoms with Crippen LogP contribution in [-0.4, -0.2) is 13.0 Å². The van der Waals surface area contributed by atoms with Gasteiger partial charge in [0.15, 0.2) is 0 Å². The Morgan fingerprint density at radius 1 is 1.42 bits per heavy atom. The molecule has 4 nitrogen and oxygen atoms in total. The number of rotatable bonds is 1. The maximum atomic E-state index is 12.4. The van der Waals surface area contributed by atoms with Gasteiger partial charge in [-0.15, -0.1) is 0 Å². The second-order valence-electron chi connectivity index (χ2n) is 2.14. The Balaban J connectivity index is 3.43. The smallest absolute Gasteiger partial charge is 0.126 e. The fourth-order valence-corrected chi connectivity index (χ4v) is 1.34. The highest BCUT2D eigenvalue weighted by Crippen LogP contribution is 2.18. The molecule has 2 N–H and O–H groups in total. The van der Waals surface area contributed by atoms with Crippen molar-refractivity contribution in [1.82, 2.24) is 0 Å². The second-order valence-corrected chi connectivity index (χ2v) is 3.48. The first-order chi connectivity index (χ1) is 5.41. The van der Waals surface area contributed by atoms with Crippen molar-refractivity contribution in [2.75, 3.05) is 5.73 Å². The van der Waals surface area contributed by atoms with Gasteiger partial charge in [0.2, 0.25) is 0 Å². The third-order valence-electron chi connectivity index (χ3n) is 1.24. The Bertz CT molecular complexity index is 401. The topological polar surface area (TPSA) is 83.2 Å². The van der Waals surface area contributed by atoms with Crippen LogP contribution in [0, 0.1) is 5.82 Å². The van der Waals surface area contributed by atoms with E-state index >= 15 is 0 Å². The summed E-state index contributed by atoms with van der Waals surface area (Å²) in [6, 6.07) is 2.60. The van der Waals surface area contributed by atoms with E-state index in [4.69, 9.17) is 5.73 Å². The molecule has 0 unspecified atom stereocenters. The summed E-state index contributed by atoms with van der Waals surface area (Å²) in [5.74, 6) is -0.807. The fraction of sp³-hybridized carbons (Fsp3) is 0. The third-order valence-corrected chi connectivity index (χ3v) is 2.14. The van der Waals surface area contributed by atoms with Crippen LogP contribution < -0.4 is 5.73 Å². The van der Waals surface area contributed by atoms with Crippen molar-refractivity contribution < 1.29 is 17.4 Å². The largest absolute Gasteiger partial charge is 0.744 e. The summed E-state index contributed by atoms with van der Waals surface area (Å²) in [4.78, 5) is -0.720. The monoisotopic (exact) mass is 190 g/mol. The molecule has 0 amide bonds. The van der Waals surface area contributed by atoms with Crippen LogP contribution in [0.15, 0.2) is 23.1 Å². The fourth-order valence-electron chi connectivity index (χ4n) is 0.725. The average Bonchev–Trinajstić information content (AvgIpc) is 1.92. The predicted octanol–water partition coefficient (Wildman–Crippen LogP) is 0.312. The second kappa shape index (κ2) is 2.72. The molecule has 0 spiro atoms. The summed E-state index contributed by atoms with van der Waals surface area (Å²) < 4.78 is 43.6. The summed E-state index contributed by atoms with van der Waals surface area (Å²) >= 11 is 0. The Morgan fingerprint density at radius 2 is 2.00 bits per heavy atom. The molecule has 12 heavy (non-hydrogen) atoms. The van der Waals surface area contributed by atoms with Crippen molar-refractivity contribution in [3.8, 4) is 0 Å². The van der Waals surface area contributed by atoms with Gasteiger partial charge in [-0.05, 0) is 18.2 Å². The maximum Gasteiger partial charge on any atom is 0.126 e. The molecule has 1 rings (SSSR count). The van der Waals surface area contributed by atoms with Gasteiger partial charge < -0.3 is 10.3 Å². The zero-order chi connectivity index (χ0) is 9.35. The molecule has 0 aliphatic rings. The van der Waals surface area contributed by atoms with Crippen LogP contribution in [0.1, 0.15) is 0 Å². The highest BCUT2D eigenvalue weighted by molar-refractivity contribution is 7.86. The zero-order valence-electron chi connectivity index (χ0n) is 5.82. The molecule has 0 radical (unpaired) electrons. The van der Waals surface area contributed by atoms with Crippen LogP contribution in [-0.2, 0) is 10.1 Å². The minimum Gasteiger partial charge on any atom is -0.744 e. The third kappa shape index (κ3) is 1.72. The lowest BCUT2D eigenvalue weighted by Gasteiger charge is -2.09. The molecule has 0 heterocycles. The van der Waals surface area contributed by atoms with Crippen LogP contribution in [0.4, 0.5) is 10.1 Å². The minimum atomic E-state index is -4.67. The van der Waals surface area contributed by atoms with Gasteiger partial charge in [-0.25, -0.2) is 12.8 Å². The van der Waals surface area contributed by atoms with Crippen molar-refractivity contribution in [3.05, 3.63) is 24.0 Å². The number of benzene rings is 1. The quantitative estimate of drug-likeness (QED) is 0.510. The van der Waals surface area contributed by atoms with Gasteiger partial charge in [0.05, 0.1) is 4.90 Å². The maximum absolute atomic E-state index is 12.4. The molecule has 0 aliphatic heterocycles. The lowest BCUT2D eigenvalue weighted by molar-refractivity contribution is 0.462. The van der Waals surface area contributed by atoms with E-state index in [-0.39, 0.29) is 5.69 Å². The number of hydrogen-bond acceptors (Lipinski definition) is 4. The van der Waals surface area contributed by atoms with Gasteiger partial charge in [-0.1, -0.05) is 0 Å². The normalized spacial score (nSPS) is 11.5. The first-order valence-electron chi connectivity index (χ1n) is 2.92. The van der Waals surface area contributed by atoms with E-state index in [1.54, 1.807) is 0 Å². The van der Waals surface area contributed by atoms with E-state index in [9.17, 15) is 17.4 Å². The molecule has 0 fully saturated rings. The molecule has 1 aromatic rings. The van der Waals surface area contributed by atoms with Crippen LogP contribution in [0.2, 0.25) is 0 Å². The van der Waals surface area contributed by atoms with Crippen LogP contribution in [0.3, 0.4) is 0 Å². The van der Waals surface area contributed by atoms with Gasteiger partial charge in [0.25, 0.3) is 0 Å². The number of anilines is 1. The predicted molar refractivity (Wildman–Crippen MR) is 38.8 cm³/mol. The van der Waals surface area contributed by atoms with Gasteiger partial charge in [-0.2, -0.15) is 0 Å². The molecule has 66 valence electrons. The van der Waals surface area contributed by atoms with Crippen LogP contribution in [0.25, 0.3) is 0 Å². The zero-order valence-corrected chi connectivity index (χ0v) is 6.64. The van der Waals surface area contributed by atoms with Crippen molar-refractivity contribution >= 4 is 15.8 Å². The van der Waals surface area contributed by atoms with E-state index < -0.39 is 20.8 Å². The van der Waals surface area contributed by atoms with E-state index in [2.05, 4.69) is 0 Å². The summed E-state index contributed by atoms with van der Waals surface area (Å²) in [6.07, 6.45) is 0. The number of nitrogen functional groups attached to an aromatic ring is 1. The van der Waals surface area contributed by atoms with Crippen LogP contribution in [0.5, 0.6) is 0 Å². The van der Waals surface area contributed by atoms with Crippen molar-refractivity contribution in [1.29, 1.82) is 0 Å². The molecule has 1 aromatic carbocycles. The van der Waals surface area contributed by atoms with Gasteiger partial charge in [-0.3, -0.25) is 0 Å². The number of nitrogens with two attached hydrogens (primary N) is 1. The molecule has 6 heteroatoms. The summed E-state index contributed by atoms with van der Waals surface area (Å²) in [6.45, 7) is 0. The van der Waals surface area contributed by atoms with Gasteiger partial charge in [0.1, 0.15) is 15.9 Å². The Labute approximate surface area is 68.6 Å². The van der Waals surface area contributed by atoms with E-state index in [1.807, 2.05) is 0 Å². The molecular weight excluding hydrogens is 185 g/mol. The molecule has 0 aromatic heterocycles. The Morgan fingerprint density at radius 3 is 2.42 bits per heavy atom. The van der Waals surface area contributed by atoms with E-state index in [0.29, 0.717) is 6.07 Å². The average molecular weight is 190 g/mol. The molecular formula is C6H5FNO3S-. The summed E-state index contributed by atoms with van der Waals surface area (Å²) in [5.41, 5.74) is 4.89. The highest BCUT2D eigenvalue weighted by atomic mass is 32.2. The Hall–Kier alpha value is -1.14. The highest BCUT2D eigenvalue weighted by Gasteiger charge is 2.06. The summed E-state index contributed by atoms with van der Waals surface area (Å²) in [7, 11) is -4.67. The van der Waals surface area contributed by atoms with Gasteiger partial charge in [0, 0.05) is 5.69 Å². The van der Waals surface area contributed by atoms with Crippen molar-refractivity contribution in [2.24, 2.45) is 0 Å². The molecule has 0 aliphatic carbocycles. The number of hydrogen-bond donors (Lipinski definition) is 1. The lowest BCUT2D eigenvalue weighted by atomic mass is 10.3.